The highest BCUT2D eigenvalue weighted by atomic mass is 17.5. The van der Waals surface area contributed by atoms with E-state index in [0.717, 1.165) is 44.9 Å². The van der Waals surface area contributed by atoms with Crippen molar-refractivity contribution in [2.45, 2.75) is 84.3 Å². The van der Waals surface area contributed by atoms with Gasteiger partial charge in [0.1, 0.15) is 5.78 Å². The topological polar surface area (TPSA) is 76.0 Å². The summed E-state index contributed by atoms with van der Waals surface area (Å²) in [4.78, 5) is 17.2. The molecule has 26 heavy (non-hydrogen) atoms. The van der Waals surface area contributed by atoms with Crippen LogP contribution in [0.3, 0.4) is 0 Å². The number of fused-ring (bicyclic) bond motifs is 5. The molecule has 0 bridgehead atoms. The predicted octanol–water partition coefficient (Wildman–Crippen LogP) is 3.99. The van der Waals surface area contributed by atoms with Gasteiger partial charge in [0.25, 0.3) is 0 Å². The second-order valence-electron chi connectivity index (χ2n) is 10.1. The number of rotatable bonds is 3. The molecule has 0 amide bonds. The van der Waals surface area contributed by atoms with Gasteiger partial charge in [-0.3, -0.25) is 4.79 Å². The molecular weight excluding hydrogens is 332 g/mol. The Kier molecular flexibility index (Phi) is 4.74. The van der Waals surface area contributed by atoms with Gasteiger partial charge in [-0.1, -0.05) is 18.9 Å². The van der Waals surface area contributed by atoms with Crippen LogP contribution in [0.15, 0.2) is 0 Å². The first-order valence-electron chi connectivity index (χ1n) is 10.5. The van der Waals surface area contributed by atoms with Gasteiger partial charge in [-0.15, -0.1) is 0 Å². The molecule has 4 aliphatic carbocycles. The number of aliphatic hydroxyl groups excluding tert-OH is 1. The normalized spacial score (nSPS) is 53.5. The molecule has 0 radical (unpaired) electrons. The number of carbonyl (C=O) groups excluding carboxylic acids is 1. The molecule has 4 fully saturated rings. The predicted molar refractivity (Wildman–Crippen MR) is 95.9 cm³/mol. The molecule has 0 aromatic heterocycles. The van der Waals surface area contributed by atoms with Crippen LogP contribution in [0.2, 0.25) is 0 Å². The zero-order valence-corrected chi connectivity index (χ0v) is 16.3. The van der Waals surface area contributed by atoms with Crippen molar-refractivity contribution in [1.29, 1.82) is 0 Å². The van der Waals surface area contributed by atoms with E-state index in [1.165, 1.54) is 6.42 Å². The zero-order chi connectivity index (χ0) is 18.7. The Hall–Kier alpha value is -0.490. The maximum atomic E-state index is 12.2. The Morgan fingerprint density at radius 3 is 2.35 bits per heavy atom. The molecule has 148 valence electrons. The van der Waals surface area contributed by atoms with Gasteiger partial charge in [-0.25, -0.2) is 10.1 Å². The van der Waals surface area contributed by atoms with Crippen molar-refractivity contribution in [2.24, 2.45) is 40.4 Å². The van der Waals surface area contributed by atoms with Crippen LogP contribution in [0.1, 0.15) is 72.1 Å². The lowest BCUT2D eigenvalue weighted by Crippen LogP contribution is -2.58. The Morgan fingerprint density at radius 1 is 0.962 bits per heavy atom. The Labute approximate surface area is 156 Å². The van der Waals surface area contributed by atoms with Crippen LogP contribution in [0.4, 0.5) is 0 Å². The SMILES string of the molecule is CC(=O)[C@H]1CCC2C3C[C@@H](O)[C@@H]4C[C@@H](OOO)CC[C@]4(C)C3CC[C@@]21C. The molecule has 2 N–H and O–H groups in total. The molecule has 4 aliphatic rings. The molecule has 4 rings (SSSR count). The van der Waals surface area contributed by atoms with Crippen LogP contribution < -0.4 is 0 Å². The number of carbonyl (C=O) groups is 1. The molecule has 9 atom stereocenters. The highest BCUT2D eigenvalue weighted by Crippen LogP contribution is 2.67. The Balaban J connectivity index is 1.60. The minimum absolute atomic E-state index is 0.118. The maximum Gasteiger partial charge on any atom is 0.133 e. The maximum absolute atomic E-state index is 12.2. The molecular formula is C21H34O5. The molecule has 0 aromatic rings. The smallest absolute Gasteiger partial charge is 0.133 e. The summed E-state index contributed by atoms with van der Waals surface area (Å²) in [7, 11) is 0. The summed E-state index contributed by atoms with van der Waals surface area (Å²) in [5.41, 5.74) is 0.244. The minimum Gasteiger partial charge on any atom is -0.393 e. The van der Waals surface area contributed by atoms with Crippen LogP contribution in [-0.2, 0) is 14.7 Å². The first-order chi connectivity index (χ1) is 12.3. The van der Waals surface area contributed by atoms with E-state index in [-0.39, 0.29) is 34.9 Å². The van der Waals surface area contributed by atoms with Gasteiger partial charge < -0.3 is 5.11 Å². The molecule has 0 aromatic carbocycles. The second kappa shape index (κ2) is 6.54. The lowest BCUT2D eigenvalue weighted by Gasteiger charge is -2.62. The van der Waals surface area contributed by atoms with E-state index in [0.29, 0.717) is 23.5 Å². The first kappa shape index (κ1) is 18.9. The molecule has 0 aliphatic heterocycles. The third kappa shape index (κ3) is 2.61. The van der Waals surface area contributed by atoms with Gasteiger partial charge in [-0.05, 0) is 92.8 Å². The van der Waals surface area contributed by atoms with E-state index >= 15 is 0 Å². The monoisotopic (exact) mass is 366 g/mol. The molecule has 5 nitrogen and oxygen atoms in total. The third-order valence-electron chi connectivity index (χ3n) is 9.30. The first-order valence-corrected chi connectivity index (χ1v) is 10.5. The molecule has 0 saturated heterocycles. The Bertz CT molecular complexity index is 565. The summed E-state index contributed by atoms with van der Waals surface area (Å²) in [6.45, 7) is 6.48. The van der Waals surface area contributed by atoms with Crippen molar-refractivity contribution in [3.8, 4) is 0 Å². The average Bonchev–Trinajstić information content (AvgIpc) is 2.94. The van der Waals surface area contributed by atoms with Crippen LogP contribution in [0, 0.1) is 40.4 Å². The second-order valence-corrected chi connectivity index (χ2v) is 10.1. The standard InChI is InChI=1S/C21H34O5/c1-12(22)15-4-5-16-14-11-19(23)18-10-13(25-26-24)6-8-21(18,3)17(14)7-9-20(15,16)2/h13-19,23-24H,4-11H2,1-3H3/t13-,14?,15+,16?,17?,18-,19+,20+,21+/m0/s1. The van der Waals surface area contributed by atoms with Gasteiger partial charge in [0.05, 0.1) is 12.2 Å². The molecule has 0 heterocycles. The van der Waals surface area contributed by atoms with Crippen molar-refractivity contribution in [1.82, 2.24) is 0 Å². The van der Waals surface area contributed by atoms with Gasteiger partial charge in [-0.2, -0.15) is 0 Å². The molecule has 3 unspecified atom stereocenters. The lowest BCUT2D eigenvalue weighted by atomic mass is 9.44. The van der Waals surface area contributed by atoms with E-state index in [9.17, 15) is 9.90 Å². The van der Waals surface area contributed by atoms with E-state index in [1.54, 1.807) is 6.92 Å². The fraction of sp³-hybridized carbons (Fsp3) is 0.952. The van der Waals surface area contributed by atoms with Crippen LogP contribution in [0.5, 0.6) is 0 Å². The van der Waals surface area contributed by atoms with Gasteiger partial charge in [0.2, 0.25) is 0 Å². The summed E-state index contributed by atoms with van der Waals surface area (Å²) in [5.74, 6) is 2.48. The summed E-state index contributed by atoms with van der Waals surface area (Å²) >= 11 is 0. The summed E-state index contributed by atoms with van der Waals surface area (Å²) in [6.07, 6.45) is 7.48. The van der Waals surface area contributed by atoms with Crippen molar-refractivity contribution in [3.63, 3.8) is 0 Å². The van der Waals surface area contributed by atoms with Gasteiger partial charge in [0, 0.05) is 5.92 Å². The number of Topliss-reactive ketones (excluding diaryl/α,β-unsaturated/α-hetero) is 1. The minimum atomic E-state index is -0.329. The van der Waals surface area contributed by atoms with Crippen molar-refractivity contribution < 1.29 is 25.1 Å². The summed E-state index contributed by atoms with van der Waals surface area (Å²) in [5, 5.41) is 23.6. The van der Waals surface area contributed by atoms with Crippen LogP contribution in [-0.4, -0.2) is 28.4 Å². The highest BCUT2D eigenvalue weighted by molar-refractivity contribution is 5.79. The van der Waals surface area contributed by atoms with E-state index in [1.807, 2.05) is 0 Å². The number of ketones is 1. The average molecular weight is 366 g/mol. The van der Waals surface area contributed by atoms with E-state index in [4.69, 9.17) is 10.1 Å². The van der Waals surface area contributed by atoms with Crippen molar-refractivity contribution in [2.75, 3.05) is 0 Å². The molecule has 4 saturated carbocycles. The fourth-order valence-corrected chi connectivity index (χ4v) is 8.08. The highest BCUT2D eigenvalue weighted by Gasteiger charge is 2.62. The van der Waals surface area contributed by atoms with Crippen LogP contribution in [0.25, 0.3) is 0 Å². The van der Waals surface area contributed by atoms with Gasteiger partial charge in [0.15, 0.2) is 0 Å². The summed E-state index contributed by atoms with van der Waals surface area (Å²) < 4.78 is 0. The third-order valence-corrected chi connectivity index (χ3v) is 9.30. The quantitative estimate of drug-likeness (QED) is 0.583. The van der Waals surface area contributed by atoms with Crippen molar-refractivity contribution in [3.05, 3.63) is 0 Å². The molecule has 0 spiro atoms. The number of hydrogen-bond acceptors (Lipinski definition) is 5. The van der Waals surface area contributed by atoms with E-state index in [2.05, 4.69) is 18.9 Å². The number of aliphatic hydroxyl groups is 1. The molecule has 5 heteroatoms. The van der Waals surface area contributed by atoms with Crippen LogP contribution >= 0.6 is 0 Å². The van der Waals surface area contributed by atoms with Gasteiger partial charge >= 0.3 is 0 Å². The lowest BCUT2D eigenvalue weighted by molar-refractivity contribution is -0.510. The Morgan fingerprint density at radius 2 is 1.65 bits per heavy atom. The zero-order valence-electron chi connectivity index (χ0n) is 16.3. The van der Waals surface area contributed by atoms with E-state index < -0.39 is 0 Å². The largest absolute Gasteiger partial charge is 0.393 e. The number of hydrogen-bond donors (Lipinski definition) is 2. The van der Waals surface area contributed by atoms with Crippen molar-refractivity contribution >= 4 is 5.78 Å². The fourth-order valence-electron chi connectivity index (χ4n) is 8.08. The summed E-state index contributed by atoms with van der Waals surface area (Å²) in [6, 6.07) is 0.